The van der Waals surface area contributed by atoms with Gasteiger partial charge in [0.25, 0.3) is 0 Å². The van der Waals surface area contributed by atoms with E-state index in [-0.39, 0.29) is 0 Å². The molecule has 1 N–H and O–H groups in total. The second-order valence-corrected chi connectivity index (χ2v) is 5.25. The quantitative estimate of drug-likeness (QED) is 0.850. The molecular weight excluding hydrogens is 210 g/mol. The minimum Gasteiger partial charge on any atom is -0.337 e. The summed E-state index contributed by atoms with van der Waals surface area (Å²) in [6.45, 7) is 3.20. The molecule has 0 aromatic carbocycles. The molecule has 2 rings (SSSR count). The van der Waals surface area contributed by atoms with Crippen molar-refractivity contribution in [2.75, 3.05) is 6.54 Å². The lowest BCUT2D eigenvalue weighted by Crippen LogP contribution is -2.26. The van der Waals surface area contributed by atoms with Crippen LogP contribution in [0.3, 0.4) is 0 Å². The maximum absolute atomic E-state index is 4.50. The monoisotopic (exact) mass is 235 g/mol. The zero-order valence-electron chi connectivity index (χ0n) is 11.2. The third-order valence-corrected chi connectivity index (χ3v) is 3.91. The molecule has 0 bridgehead atoms. The highest BCUT2D eigenvalue weighted by Gasteiger charge is 2.21. The average molecular weight is 235 g/mol. The van der Waals surface area contributed by atoms with Crippen molar-refractivity contribution < 1.29 is 0 Å². The van der Waals surface area contributed by atoms with Gasteiger partial charge in [-0.15, -0.1) is 0 Å². The van der Waals surface area contributed by atoms with E-state index in [9.17, 15) is 0 Å². The van der Waals surface area contributed by atoms with Gasteiger partial charge < -0.3 is 9.88 Å². The van der Waals surface area contributed by atoms with Gasteiger partial charge in [-0.05, 0) is 18.9 Å². The summed E-state index contributed by atoms with van der Waals surface area (Å²) >= 11 is 0. The van der Waals surface area contributed by atoms with Crippen molar-refractivity contribution in [2.45, 2.75) is 51.5 Å². The van der Waals surface area contributed by atoms with Crippen LogP contribution in [0.2, 0.25) is 0 Å². The summed E-state index contributed by atoms with van der Waals surface area (Å²) in [5.74, 6) is 2.09. The van der Waals surface area contributed by atoms with Crippen molar-refractivity contribution in [3.05, 3.63) is 18.2 Å². The zero-order chi connectivity index (χ0) is 12.1. The molecular formula is C14H25N3. The SMILES string of the molecule is CCNC(CC1CCCCC1)c1nccn1C. The topological polar surface area (TPSA) is 29.9 Å². The van der Waals surface area contributed by atoms with Gasteiger partial charge in [0, 0.05) is 19.4 Å². The summed E-state index contributed by atoms with van der Waals surface area (Å²) in [4.78, 5) is 4.50. The Balaban J connectivity index is 1.99. The lowest BCUT2D eigenvalue weighted by molar-refractivity contribution is 0.294. The molecule has 0 saturated heterocycles. The number of imidazole rings is 1. The van der Waals surface area contributed by atoms with Crippen molar-refractivity contribution in [3.63, 3.8) is 0 Å². The number of rotatable bonds is 5. The smallest absolute Gasteiger partial charge is 0.125 e. The van der Waals surface area contributed by atoms with E-state index in [4.69, 9.17) is 0 Å². The van der Waals surface area contributed by atoms with Crippen LogP contribution < -0.4 is 5.32 Å². The Labute approximate surface area is 105 Å². The molecule has 3 nitrogen and oxygen atoms in total. The van der Waals surface area contributed by atoms with Crippen LogP contribution in [0.15, 0.2) is 12.4 Å². The summed E-state index contributed by atoms with van der Waals surface area (Å²) in [5, 5.41) is 3.59. The summed E-state index contributed by atoms with van der Waals surface area (Å²) in [6.07, 6.45) is 12.3. The molecule has 1 aromatic heterocycles. The molecule has 1 unspecified atom stereocenters. The molecule has 1 atom stereocenters. The van der Waals surface area contributed by atoms with E-state index >= 15 is 0 Å². The molecule has 0 amide bonds. The number of nitrogens with one attached hydrogen (secondary N) is 1. The Kier molecular flexibility index (Phi) is 4.60. The Morgan fingerprint density at radius 3 is 2.76 bits per heavy atom. The second kappa shape index (κ2) is 6.20. The molecule has 0 aliphatic heterocycles. The van der Waals surface area contributed by atoms with Crippen molar-refractivity contribution in [1.82, 2.24) is 14.9 Å². The Hall–Kier alpha value is -0.830. The Bertz CT molecular complexity index is 326. The van der Waals surface area contributed by atoms with Crippen LogP contribution in [0.4, 0.5) is 0 Å². The second-order valence-electron chi connectivity index (χ2n) is 5.25. The molecule has 1 fully saturated rings. The highest BCUT2D eigenvalue weighted by molar-refractivity contribution is 4.99. The number of hydrogen-bond donors (Lipinski definition) is 1. The van der Waals surface area contributed by atoms with E-state index in [1.807, 2.05) is 12.4 Å². The minimum absolute atomic E-state index is 0.433. The van der Waals surface area contributed by atoms with Crippen LogP contribution in [-0.2, 0) is 7.05 Å². The van der Waals surface area contributed by atoms with Gasteiger partial charge in [0.1, 0.15) is 5.82 Å². The number of aryl methyl sites for hydroxylation is 1. The van der Waals surface area contributed by atoms with E-state index in [1.165, 1.54) is 44.3 Å². The highest BCUT2D eigenvalue weighted by Crippen LogP contribution is 2.31. The van der Waals surface area contributed by atoms with Gasteiger partial charge in [-0.2, -0.15) is 0 Å². The van der Waals surface area contributed by atoms with Gasteiger partial charge in [0.05, 0.1) is 6.04 Å². The summed E-state index contributed by atoms with van der Waals surface area (Å²) < 4.78 is 2.15. The van der Waals surface area contributed by atoms with Gasteiger partial charge in [-0.1, -0.05) is 39.0 Å². The fourth-order valence-electron chi connectivity index (χ4n) is 3.00. The molecule has 1 heterocycles. The van der Waals surface area contributed by atoms with E-state index in [0.717, 1.165) is 12.5 Å². The Morgan fingerprint density at radius 1 is 1.41 bits per heavy atom. The first-order valence-electron chi connectivity index (χ1n) is 7.02. The van der Waals surface area contributed by atoms with Gasteiger partial charge in [-0.3, -0.25) is 0 Å². The van der Waals surface area contributed by atoms with Crippen LogP contribution in [-0.4, -0.2) is 16.1 Å². The van der Waals surface area contributed by atoms with E-state index < -0.39 is 0 Å². The number of hydrogen-bond acceptors (Lipinski definition) is 2. The molecule has 1 aromatic rings. The van der Waals surface area contributed by atoms with Gasteiger partial charge >= 0.3 is 0 Å². The maximum atomic E-state index is 4.50. The summed E-state index contributed by atoms with van der Waals surface area (Å²) in [6, 6.07) is 0.433. The minimum atomic E-state index is 0.433. The first-order valence-corrected chi connectivity index (χ1v) is 7.02. The van der Waals surface area contributed by atoms with Crippen LogP contribution >= 0.6 is 0 Å². The van der Waals surface area contributed by atoms with Crippen LogP contribution in [0, 0.1) is 5.92 Å². The molecule has 1 saturated carbocycles. The van der Waals surface area contributed by atoms with Crippen molar-refractivity contribution in [2.24, 2.45) is 13.0 Å². The summed E-state index contributed by atoms with van der Waals surface area (Å²) in [5.41, 5.74) is 0. The van der Waals surface area contributed by atoms with E-state index in [0.29, 0.717) is 6.04 Å². The number of nitrogens with zero attached hydrogens (tertiary/aromatic N) is 2. The largest absolute Gasteiger partial charge is 0.337 e. The van der Waals surface area contributed by atoms with Crippen LogP contribution in [0.5, 0.6) is 0 Å². The maximum Gasteiger partial charge on any atom is 0.125 e. The normalized spacial score (nSPS) is 19.4. The first kappa shape index (κ1) is 12.6. The first-order chi connectivity index (χ1) is 8.31. The molecule has 0 radical (unpaired) electrons. The van der Waals surface area contributed by atoms with E-state index in [2.05, 4.69) is 28.8 Å². The predicted octanol–water partition coefficient (Wildman–Crippen LogP) is 3.04. The molecule has 96 valence electrons. The van der Waals surface area contributed by atoms with Gasteiger partial charge in [0.15, 0.2) is 0 Å². The third kappa shape index (κ3) is 3.32. The van der Waals surface area contributed by atoms with Crippen LogP contribution in [0.25, 0.3) is 0 Å². The predicted molar refractivity (Wildman–Crippen MR) is 70.8 cm³/mol. The molecule has 1 aliphatic carbocycles. The highest BCUT2D eigenvalue weighted by atomic mass is 15.1. The van der Waals surface area contributed by atoms with Gasteiger partial charge in [0.2, 0.25) is 0 Å². The Morgan fingerprint density at radius 2 is 2.18 bits per heavy atom. The molecule has 0 spiro atoms. The molecule has 17 heavy (non-hydrogen) atoms. The lowest BCUT2D eigenvalue weighted by atomic mass is 9.84. The summed E-state index contributed by atoms with van der Waals surface area (Å²) in [7, 11) is 2.09. The van der Waals surface area contributed by atoms with Crippen molar-refractivity contribution >= 4 is 0 Å². The number of aromatic nitrogens is 2. The zero-order valence-corrected chi connectivity index (χ0v) is 11.2. The van der Waals surface area contributed by atoms with Crippen molar-refractivity contribution in [3.8, 4) is 0 Å². The van der Waals surface area contributed by atoms with Crippen LogP contribution in [0.1, 0.15) is 57.3 Å². The standard InChI is InChI=1S/C14H25N3/c1-3-15-13(14-16-9-10-17(14)2)11-12-7-5-4-6-8-12/h9-10,12-13,15H,3-8,11H2,1-2H3. The molecule has 3 heteroatoms. The van der Waals surface area contributed by atoms with Gasteiger partial charge in [-0.25, -0.2) is 4.98 Å². The third-order valence-electron chi connectivity index (χ3n) is 3.91. The van der Waals surface area contributed by atoms with Crippen molar-refractivity contribution in [1.29, 1.82) is 0 Å². The lowest BCUT2D eigenvalue weighted by Gasteiger charge is -2.26. The fraction of sp³-hybridized carbons (Fsp3) is 0.786. The fourth-order valence-corrected chi connectivity index (χ4v) is 3.00. The average Bonchev–Trinajstić information content (AvgIpc) is 2.76. The van der Waals surface area contributed by atoms with E-state index in [1.54, 1.807) is 0 Å². The molecule has 1 aliphatic rings.